The first kappa shape index (κ1) is 26.7. The van der Waals surface area contributed by atoms with Crippen molar-refractivity contribution in [1.82, 2.24) is 0 Å². The van der Waals surface area contributed by atoms with Crippen LogP contribution in [-0.4, -0.2) is 29.9 Å². The van der Waals surface area contributed by atoms with Crippen LogP contribution in [0.5, 0.6) is 11.5 Å². The first-order valence-electron chi connectivity index (χ1n) is 12.7. The Morgan fingerprint density at radius 2 is 1.86 bits per heavy atom. The quantitative estimate of drug-likeness (QED) is 0.332. The van der Waals surface area contributed by atoms with Gasteiger partial charge in [-0.25, -0.2) is 4.79 Å². The minimum absolute atomic E-state index is 0.0457. The predicted octanol–water partition coefficient (Wildman–Crippen LogP) is 7.90. The van der Waals surface area contributed by atoms with Crippen molar-refractivity contribution >= 4 is 29.3 Å². The van der Waals surface area contributed by atoms with Gasteiger partial charge in [0.05, 0.1) is 18.2 Å². The number of carbonyl (C=O) groups is 1. The molecule has 36 heavy (non-hydrogen) atoms. The van der Waals surface area contributed by atoms with Crippen molar-refractivity contribution in [3.8, 4) is 11.5 Å². The standard InChI is InChI=1S/C29H35ClO5S/c1-19(2)34-26-14-9-20(17-24(26)30)15-16-29(21-7-5-4-6-8-21)18-25(31)27(28(32)35-29)36-23-12-10-22(33-3)11-13-23/h9-14,17,19,21,31H,4-8,15-16,18H2,1-3H3. The molecule has 1 aliphatic heterocycles. The fraction of sp³-hybridized carbons (Fsp3) is 0.483. The van der Waals surface area contributed by atoms with Crippen molar-refractivity contribution < 1.29 is 24.1 Å². The first-order chi connectivity index (χ1) is 17.3. The van der Waals surface area contributed by atoms with Crippen LogP contribution in [0.25, 0.3) is 0 Å². The van der Waals surface area contributed by atoms with Gasteiger partial charge in [-0.05, 0) is 87.4 Å². The molecule has 1 N–H and O–H groups in total. The number of halogens is 1. The summed E-state index contributed by atoms with van der Waals surface area (Å²) in [4.78, 5) is 14.4. The number of ether oxygens (including phenoxy) is 3. The highest BCUT2D eigenvalue weighted by atomic mass is 35.5. The van der Waals surface area contributed by atoms with Crippen LogP contribution in [0.1, 0.15) is 64.4 Å². The third-order valence-electron chi connectivity index (χ3n) is 7.03. The summed E-state index contributed by atoms with van der Waals surface area (Å²) < 4.78 is 17.3. The van der Waals surface area contributed by atoms with Gasteiger partial charge < -0.3 is 19.3 Å². The van der Waals surface area contributed by atoms with E-state index in [1.165, 1.54) is 18.2 Å². The van der Waals surface area contributed by atoms with Crippen molar-refractivity contribution in [2.24, 2.45) is 5.92 Å². The number of hydrogen-bond donors (Lipinski definition) is 1. The molecule has 1 atom stereocenters. The van der Waals surface area contributed by atoms with E-state index in [2.05, 4.69) is 0 Å². The fourth-order valence-corrected chi connectivity index (χ4v) is 6.29. The van der Waals surface area contributed by atoms with Crippen LogP contribution in [0.3, 0.4) is 0 Å². The monoisotopic (exact) mass is 530 g/mol. The number of methoxy groups -OCH3 is 1. The van der Waals surface area contributed by atoms with Gasteiger partial charge in [-0.1, -0.05) is 48.7 Å². The number of thioether (sulfide) groups is 1. The summed E-state index contributed by atoms with van der Waals surface area (Å²) in [6.07, 6.45) is 7.16. The molecular weight excluding hydrogens is 496 g/mol. The van der Waals surface area contributed by atoms with Gasteiger partial charge in [0.2, 0.25) is 0 Å². The van der Waals surface area contributed by atoms with E-state index in [0.717, 1.165) is 41.9 Å². The Hall–Kier alpha value is -2.31. The number of rotatable bonds is 9. The van der Waals surface area contributed by atoms with E-state index in [9.17, 15) is 9.90 Å². The van der Waals surface area contributed by atoms with Gasteiger partial charge in [0.25, 0.3) is 0 Å². The van der Waals surface area contributed by atoms with Crippen LogP contribution in [0.2, 0.25) is 5.02 Å². The average Bonchev–Trinajstić information content (AvgIpc) is 2.87. The summed E-state index contributed by atoms with van der Waals surface area (Å²) in [5.74, 6) is 1.32. The van der Waals surface area contributed by atoms with Crippen molar-refractivity contribution in [2.45, 2.75) is 81.8 Å². The molecule has 0 radical (unpaired) electrons. The molecule has 0 aromatic heterocycles. The zero-order chi connectivity index (χ0) is 25.7. The number of cyclic esters (lactones) is 1. The van der Waals surface area contributed by atoms with Crippen LogP contribution in [0, 0.1) is 5.92 Å². The van der Waals surface area contributed by atoms with Crippen LogP contribution in [0.4, 0.5) is 0 Å². The molecule has 4 rings (SSSR count). The number of aliphatic hydroxyl groups excluding tert-OH is 1. The van der Waals surface area contributed by atoms with Crippen LogP contribution < -0.4 is 9.47 Å². The van der Waals surface area contributed by atoms with Crippen molar-refractivity contribution in [1.29, 1.82) is 0 Å². The summed E-state index contributed by atoms with van der Waals surface area (Å²) >= 11 is 7.71. The Balaban J connectivity index is 1.54. The maximum atomic E-state index is 13.3. The Morgan fingerprint density at radius 3 is 2.47 bits per heavy atom. The minimum Gasteiger partial charge on any atom is -0.511 e. The van der Waals surface area contributed by atoms with Gasteiger partial charge in [0, 0.05) is 11.3 Å². The third kappa shape index (κ3) is 6.33. The summed E-state index contributed by atoms with van der Waals surface area (Å²) in [5, 5.41) is 11.7. The fourth-order valence-electron chi connectivity index (χ4n) is 5.22. The molecule has 5 nitrogen and oxygen atoms in total. The van der Waals surface area contributed by atoms with Gasteiger partial charge in [-0.2, -0.15) is 0 Å². The van der Waals surface area contributed by atoms with Crippen molar-refractivity contribution in [3.63, 3.8) is 0 Å². The lowest BCUT2D eigenvalue weighted by molar-refractivity contribution is -0.168. The van der Waals surface area contributed by atoms with E-state index in [1.54, 1.807) is 7.11 Å². The van der Waals surface area contributed by atoms with E-state index in [-0.39, 0.29) is 22.7 Å². The molecule has 1 heterocycles. The molecule has 1 aliphatic carbocycles. The van der Waals surface area contributed by atoms with Gasteiger partial charge in [0.1, 0.15) is 27.8 Å². The van der Waals surface area contributed by atoms with E-state index in [0.29, 0.717) is 30.0 Å². The second-order valence-electron chi connectivity index (χ2n) is 9.95. The number of esters is 1. The summed E-state index contributed by atoms with van der Waals surface area (Å²) in [6, 6.07) is 13.3. The molecule has 2 aromatic rings. The molecule has 7 heteroatoms. The molecule has 2 aliphatic rings. The molecule has 0 bridgehead atoms. The Morgan fingerprint density at radius 1 is 1.14 bits per heavy atom. The molecule has 194 valence electrons. The molecule has 0 spiro atoms. The van der Waals surface area contributed by atoms with E-state index in [1.807, 2.05) is 56.3 Å². The number of carbonyl (C=O) groups excluding carboxylic acids is 1. The average molecular weight is 531 g/mol. The number of aryl methyl sites for hydroxylation is 1. The zero-order valence-corrected chi connectivity index (χ0v) is 22.8. The van der Waals surface area contributed by atoms with E-state index < -0.39 is 11.6 Å². The topological polar surface area (TPSA) is 65.0 Å². The maximum absolute atomic E-state index is 13.3. The van der Waals surface area contributed by atoms with Gasteiger partial charge in [-0.15, -0.1) is 0 Å². The van der Waals surface area contributed by atoms with E-state index >= 15 is 0 Å². The largest absolute Gasteiger partial charge is 0.511 e. The predicted molar refractivity (Wildman–Crippen MR) is 144 cm³/mol. The third-order valence-corrected chi connectivity index (χ3v) is 8.44. The highest BCUT2D eigenvalue weighted by molar-refractivity contribution is 8.04. The van der Waals surface area contributed by atoms with Gasteiger partial charge >= 0.3 is 5.97 Å². The lowest BCUT2D eigenvalue weighted by Crippen LogP contribution is -2.47. The Kier molecular flexibility index (Phi) is 8.78. The highest BCUT2D eigenvalue weighted by Gasteiger charge is 2.47. The van der Waals surface area contributed by atoms with Crippen LogP contribution in [-0.2, 0) is 16.0 Å². The Labute approximate surface area is 223 Å². The second-order valence-corrected chi connectivity index (χ2v) is 11.4. The molecule has 1 fully saturated rings. The minimum atomic E-state index is -0.717. The molecular formula is C29H35ClO5S. The lowest BCUT2D eigenvalue weighted by atomic mass is 9.71. The zero-order valence-electron chi connectivity index (χ0n) is 21.2. The summed E-state index contributed by atoms with van der Waals surface area (Å²) in [5.41, 5.74) is 0.342. The van der Waals surface area contributed by atoms with Gasteiger partial charge in [-0.3, -0.25) is 0 Å². The second kappa shape index (κ2) is 11.8. The molecule has 1 saturated carbocycles. The van der Waals surface area contributed by atoms with E-state index in [4.69, 9.17) is 25.8 Å². The highest BCUT2D eigenvalue weighted by Crippen LogP contribution is 2.47. The molecule has 2 aromatic carbocycles. The number of hydrogen-bond acceptors (Lipinski definition) is 6. The molecule has 0 saturated heterocycles. The summed E-state index contributed by atoms with van der Waals surface area (Å²) in [7, 11) is 1.61. The normalized spacial score (nSPS) is 21.0. The SMILES string of the molecule is COc1ccc(SC2=C(O)CC(CCc3ccc(OC(C)C)c(Cl)c3)(C3CCCCC3)OC2=O)cc1. The van der Waals surface area contributed by atoms with Crippen LogP contribution >= 0.6 is 23.4 Å². The maximum Gasteiger partial charge on any atom is 0.349 e. The first-order valence-corrected chi connectivity index (χ1v) is 13.9. The number of benzene rings is 2. The Bertz CT molecular complexity index is 1090. The lowest BCUT2D eigenvalue weighted by Gasteiger charge is -2.44. The van der Waals surface area contributed by atoms with Crippen molar-refractivity contribution in [2.75, 3.05) is 7.11 Å². The van der Waals surface area contributed by atoms with Crippen molar-refractivity contribution in [3.05, 3.63) is 63.7 Å². The molecule has 1 unspecified atom stereocenters. The van der Waals surface area contributed by atoms with Crippen LogP contribution in [0.15, 0.2) is 58.0 Å². The van der Waals surface area contributed by atoms with Gasteiger partial charge in [0.15, 0.2) is 0 Å². The molecule has 0 amide bonds. The summed E-state index contributed by atoms with van der Waals surface area (Å²) in [6.45, 7) is 3.94. The smallest absolute Gasteiger partial charge is 0.349 e. The number of aliphatic hydroxyl groups is 1.